The van der Waals surface area contributed by atoms with Gasteiger partial charge in [0.2, 0.25) is 11.1 Å². The standard InChI is InChI=1S/C17H15F2N5OS/c18-12-7-5-11(6-8-12)9-21-15(25)10-26-17-23-22-16(24(17)20)13-3-1-2-4-14(13)19/h1-8H,9-10,20H2,(H,21,25). The lowest BCUT2D eigenvalue weighted by Crippen LogP contribution is -2.25. The molecule has 3 rings (SSSR count). The number of aromatic nitrogens is 3. The Morgan fingerprint density at radius 1 is 1.12 bits per heavy atom. The molecule has 0 atom stereocenters. The fourth-order valence-corrected chi connectivity index (χ4v) is 2.87. The molecule has 0 bridgehead atoms. The molecule has 0 saturated carbocycles. The Morgan fingerprint density at radius 2 is 1.85 bits per heavy atom. The maximum Gasteiger partial charge on any atom is 0.230 e. The van der Waals surface area contributed by atoms with Crippen molar-refractivity contribution in [2.75, 3.05) is 11.6 Å². The molecule has 0 aliphatic carbocycles. The highest BCUT2D eigenvalue weighted by atomic mass is 32.2. The number of nitrogens with zero attached hydrogens (tertiary/aromatic N) is 3. The maximum atomic E-state index is 13.8. The van der Waals surface area contributed by atoms with Gasteiger partial charge in [-0.05, 0) is 29.8 Å². The Labute approximate surface area is 152 Å². The van der Waals surface area contributed by atoms with Gasteiger partial charge in [0.15, 0.2) is 5.82 Å². The van der Waals surface area contributed by atoms with Crippen LogP contribution in [0.5, 0.6) is 0 Å². The first-order valence-corrected chi connectivity index (χ1v) is 8.62. The number of nitrogens with two attached hydrogens (primary N) is 1. The van der Waals surface area contributed by atoms with Crippen LogP contribution in [0, 0.1) is 11.6 Å². The molecule has 3 N–H and O–H groups in total. The molecule has 0 aliphatic rings. The van der Waals surface area contributed by atoms with Gasteiger partial charge in [0.25, 0.3) is 0 Å². The van der Waals surface area contributed by atoms with Crippen LogP contribution in [-0.4, -0.2) is 26.5 Å². The summed E-state index contributed by atoms with van der Waals surface area (Å²) >= 11 is 1.08. The van der Waals surface area contributed by atoms with E-state index in [-0.39, 0.29) is 35.4 Å². The van der Waals surface area contributed by atoms with E-state index in [1.165, 1.54) is 18.2 Å². The van der Waals surface area contributed by atoms with Crippen LogP contribution in [0.3, 0.4) is 0 Å². The number of nitrogens with one attached hydrogen (secondary N) is 1. The van der Waals surface area contributed by atoms with E-state index in [0.29, 0.717) is 5.16 Å². The number of halogens is 2. The zero-order chi connectivity index (χ0) is 18.5. The summed E-state index contributed by atoms with van der Waals surface area (Å²) in [5, 5.41) is 10.8. The Kier molecular flexibility index (Phi) is 5.47. The summed E-state index contributed by atoms with van der Waals surface area (Å²) < 4.78 is 27.8. The van der Waals surface area contributed by atoms with Crippen molar-refractivity contribution in [3.63, 3.8) is 0 Å². The van der Waals surface area contributed by atoms with E-state index >= 15 is 0 Å². The molecule has 2 aromatic carbocycles. The number of thioether (sulfide) groups is 1. The molecule has 3 aromatic rings. The smallest absolute Gasteiger partial charge is 0.230 e. The SMILES string of the molecule is Nn1c(SCC(=O)NCc2ccc(F)cc2)nnc1-c1ccccc1F. The van der Waals surface area contributed by atoms with Gasteiger partial charge in [-0.3, -0.25) is 4.79 Å². The molecule has 1 aromatic heterocycles. The lowest BCUT2D eigenvalue weighted by Gasteiger charge is -2.06. The third kappa shape index (κ3) is 4.17. The molecule has 134 valence electrons. The van der Waals surface area contributed by atoms with E-state index < -0.39 is 5.82 Å². The second-order valence-electron chi connectivity index (χ2n) is 5.35. The summed E-state index contributed by atoms with van der Waals surface area (Å²) in [7, 11) is 0. The third-order valence-corrected chi connectivity index (χ3v) is 4.46. The van der Waals surface area contributed by atoms with Gasteiger partial charge >= 0.3 is 0 Å². The van der Waals surface area contributed by atoms with Crippen molar-refractivity contribution in [3.05, 3.63) is 65.7 Å². The molecule has 1 amide bonds. The van der Waals surface area contributed by atoms with Gasteiger partial charge in [0, 0.05) is 6.54 Å². The van der Waals surface area contributed by atoms with Crippen molar-refractivity contribution in [3.8, 4) is 11.4 Å². The van der Waals surface area contributed by atoms with Gasteiger partial charge in [0.05, 0.1) is 11.3 Å². The quantitative estimate of drug-likeness (QED) is 0.510. The highest BCUT2D eigenvalue weighted by Gasteiger charge is 2.16. The normalized spacial score (nSPS) is 10.7. The van der Waals surface area contributed by atoms with Crippen LogP contribution in [0.2, 0.25) is 0 Å². The Morgan fingerprint density at radius 3 is 2.58 bits per heavy atom. The largest absolute Gasteiger partial charge is 0.351 e. The highest BCUT2D eigenvalue weighted by molar-refractivity contribution is 7.99. The lowest BCUT2D eigenvalue weighted by molar-refractivity contribution is -0.118. The molecule has 6 nitrogen and oxygen atoms in total. The monoisotopic (exact) mass is 375 g/mol. The predicted octanol–water partition coefficient (Wildman–Crippen LogP) is 2.35. The topological polar surface area (TPSA) is 85.8 Å². The lowest BCUT2D eigenvalue weighted by atomic mass is 10.2. The molecule has 9 heteroatoms. The predicted molar refractivity (Wildman–Crippen MR) is 94.5 cm³/mol. The molecule has 0 unspecified atom stereocenters. The molecular weight excluding hydrogens is 360 g/mol. The number of rotatable bonds is 6. The van der Waals surface area contributed by atoms with Crippen molar-refractivity contribution < 1.29 is 13.6 Å². The van der Waals surface area contributed by atoms with Crippen LogP contribution in [0.1, 0.15) is 5.56 Å². The molecule has 0 spiro atoms. The molecule has 0 fully saturated rings. The van der Waals surface area contributed by atoms with Gasteiger partial charge in [-0.15, -0.1) is 10.2 Å². The molecule has 26 heavy (non-hydrogen) atoms. The van der Waals surface area contributed by atoms with E-state index in [2.05, 4.69) is 15.5 Å². The summed E-state index contributed by atoms with van der Waals surface area (Å²) in [4.78, 5) is 11.9. The van der Waals surface area contributed by atoms with Crippen LogP contribution in [0.25, 0.3) is 11.4 Å². The first-order valence-electron chi connectivity index (χ1n) is 7.64. The molecule has 0 radical (unpaired) electrons. The van der Waals surface area contributed by atoms with Crippen molar-refractivity contribution in [2.24, 2.45) is 0 Å². The Bertz CT molecular complexity index is 914. The van der Waals surface area contributed by atoms with E-state index in [1.54, 1.807) is 30.3 Å². The van der Waals surface area contributed by atoms with Crippen LogP contribution >= 0.6 is 11.8 Å². The number of hydrogen-bond acceptors (Lipinski definition) is 5. The minimum atomic E-state index is -0.458. The average Bonchev–Trinajstić information content (AvgIpc) is 3.00. The molecule has 1 heterocycles. The number of benzene rings is 2. The second-order valence-corrected chi connectivity index (χ2v) is 6.29. The number of carbonyl (C=O) groups is 1. The number of nitrogen functional groups attached to an aromatic ring is 1. The van der Waals surface area contributed by atoms with E-state index in [1.807, 2.05) is 0 Å². The first kappa shape index (κ1) is 17.9. The van der Waals surface area contributed by atoms with E-state index in [9.17, 15) is 13.6 Å². The van der Waals surface area contributed by atoms with Crippen molar-refractivity contribution in [1.82, 2.24) is 20.2 Å². The van der Waals surface area contributed by atoms with Crippen LogP contribution in [-0.2, 0) is 11.3 Å². The summed E-state index contributed by atoms with van der Waals surface area (Å²) in [6.45, 7) is 0.287. The van der Waals surface area contributed by atoms with E-state index in [4.69, 9.17) is 5.84 Å². The van der Waals surface area contributed by atoms with Crippen molar-refractivity contribution in [2.45, 2.75) is 11.7 Å². The molecule has 0 aliphatic heterocycles. The van der Waals surface area contributed by atoms with Gasteiger partial charge in [-0.1, -0.05) is 36.0 Å². The molecular formula is C17H15F2N5OS. The summed E-state index contributed by atoms with van der Waals surface area (Å²) in [6, 6.07) is 11.9. The summed E-state index contributed by atoms with van der Waals surface area (Å²) in [6.07, 6.45) is 0. The third-order valence-electron chi connectivity index (χ3n) is 3.51. The zero-order valence-electron chi connectivity index (χ0n) is 13.5. The first-order chi connectivity index (χ1) is 12.5. The number of carbonyl (C=O) groups excluding carboxylic acids is 1. The van der Waals surface area contributed by atoms with Crippen molar-refractivity contribution in [1.29, 1.82) is 0 Å². The van der Waals surface area contributed by atoms with Crippen LogP contribution in [0.4, 0.5) is 8.78 Å². The highest BCUT2D eigenvalue weighted by Crippen LogP contribution is 2.23. The van der Waals surface area contributed by atoms with Crippen molar-refractivity contribution >= 4 is 17.7 Å². The average molecular weight is 375 g/mol. The minimum Gasteiger partial charge on any atom is -0.351 e. The number of amides is 1. The van der Waals surface area contributed by atoms with Gasteiger partial charge in [-0.2, -0.15) is 0 Å². The van der Waals surface area contributed by atoms with Crippen LogP contribution in [0.15, 0.2) is 53.7 Å². The summed E-state index contributed by atoms with van der Waals surface area (Å²) in [5.74, 6) is 5.12. The van der Waals surface area contributed by atoms with Gasteiger partial charge < -0.3 is 11.2 Å². The van der Waals surface area contributed by atoms with E-state index in [0.717, 1.165) is 22.0 Å². The maximum absolute atomic E-state index is 13.8. The fraction of sp³-hybridized carbons (Fsp3) is 0.118. The van der Waals surface area contributed by atoms with Gasteiger partial charge in [0.1, 0.15) is 11.6 Å². The summed E-state index contributed by atoms with van der Waals surface area (Å²) in [5.41, 5.74) is 1.02. The van der Waals surface area contributed by atoms with Gasteiger partial charge in [-0.25, -0.2) is 13.5 Å². The molecule has 0 saturated heterocycles. The minimum absolute atomic E-state index is 0.0633. The fourth-order valence-electron chi connectivity index (χ4n) is 2.19. The Hall–Kier alpha value is -2.94. The number of hydrogen-bond donors (Lipinski definition) is 2. The Balaban J connectivity index is 1.57. The zero-order valence-corrected chi connectivity index (χ0v) is 14.3. The second kappa shape index (κ2) is 7.96. The van der Waals surface area contributed by atoms with Crippen LogP contribution < -0.4 is 11.2 Å².